The summed E-state index contributed by atoms with van der Waals surface area (Å²) in [4.78, 5) is 12.8. The number of amides is 1. The van der Waals surface area contributed by atoms with Crippen LogP contribution in [0.3, 0.4) is 0 Å². The molecule has 1 aliphatic rings. The molecule has 0 unspecified atom stereocenters. The minimum absolute atomic E-state index is 0.0619. The molecule has 0 bridgehead atoms. The fraction of sp³-hybridized carbons (Fsp3) is 0.368. The summed E-state index contributed by atoms with van der Waals surface area (Å²) in [6, 6.07) is 8.65. The first-order valence-electron chi connectivity index (χ1n) is 8.53. The summed E-state index contributed by atoms with van der Waals surface area (Å²) in [5.74, 6) is -0.121. The van der Waals surface area contributed by atoms with Crippen LogP contribution in [0.5, 0.6) is 0 Å². The smallest absolute Gasteiger partial charge is 0.251 e. The second kappa shape index (κ2) is 6.72. The Morgan fingerprint density at radius 1 is 1.27 bits per heavy atom. The van der Waals surface area contributed by atoms with Gasteiger partial charge in [-0.25, -0.2) is 8.42 Å². The van der Waals surface area contributed by atoms with Crippen LogP contribution in [0.4, 0.5) is 0 Å². The van der Waals surface area contributed by atoms with Crippen molar-refractivity contribution in [3.8, 4) is 0 Å². The molecule has 2 aromatic rings. The van der Waals surface area contributed by atoms with E-state index < -0.39 is 9.84 Å². The van der Waals surface area contributed by atoms with Crippen molar-refractivity contribution in [2.24, 2.45) is 0 Å². The van der Waals surface area contributed by atoms with Gasteiger partial charge in [0, 0.05) is 11.0 Å². The molecule has 0 aliphatic carbocycles. The largest absolute Gasteiger partial charge is 0.346 e. The predicted molar refractivity (Wildman–Crippen MR) is 101 cm³/mol. The molecule has 26 heavy (non-hydrogen) atoms. The van der Waals surface area contributed by atoms with Crippen molar-refractivity contribution < 1.29 is 13.2 Å². The minimum Gasteiger partial charge on any atom is -0.346 e. The van der Waals surface area contributed by atoms with Gasteiger partial charge < -0.3 is 5.32 Å². The van der Waals surface area contributed by atoms with Crippen LogP contribution in [0.15, 0.2) is 36.4 Å². The third kappa shape index (κ3) is 3.88. The van der Waals surface area contributed by atoms with Gasteiger partial charge in [-0.1, -0.05) is 39.0 Å². The molecule has 1 aromatic heterocycles. The summed E-state index contributed by atoms with van der Waals surface area (Å²) in [6.45, 7) is 6.54. The lowest BCUT2D eigenvalue weighted by Gasteiger charge is -2.13. The van der Waals surface area contributed by atoms with Crippen LogP contribution >= 0.6 is 0 Å². The molecule has 0 radical (unpaired) electrons. The van der Waals surface area contributed by atoms with Crippen molar-refractivity contribution in [1.82, 2.24) is 15.5 Å². The number of nitrogens with zero attached hydrogens (tertiary/aromatic N) is 1. The normalized spacial score (nSPS) is 16.3. The van der Waals surface area contributed by atoms with Crippen LogP contribution in [-0.2, 0) is 21.8 Å². The second-order valence-electron chi connectivity index (χ2n) is 7.47. The molecule has 0 atom stereocenters. The third-order valence-corrected chi connectivity index (χ3v) is 6.15. The number of hydrogen-bond donors (Lipinski definition) is 2. The summed E-state index contributed by atoms with van der Waals surface area (Å²) in [7, 11) is -3.23. The van der Waals surface area contributed by atoms with Gasteiger partial charge in [0.05, 0.1) is 28.6 Å². The lowest BCUT2D eigenvalue weighted by atomic mass is 9.92. The predicted octanol–water partition coefficient (Wildman–Crippen LogP) is 2.80. The van der Waals surface area contributed by atoms with Crippen LogP contribution in [0, 0.1) is 0 Å². The maximum absolute atomic E-state index is 12.4. The Bertz CT molecular complexity index is 966. The lowest BCUT2D eigenvalue weighted by Crippen LogP contribution is -2.23. The van der Waals surface area contributed by atoms with Gasteiger partial charge in [-0.3, -0.25) is 9.89 Å². The molecular formula is C19H23N3O3S. The van der Waals surface area contributed by atoms with E-state index in [4.69, 9.17) is 0 Å². The van der Waals surface area contributed by atoms with E-state index in [0.29, 0.717) is 29.0 Å². The van der Waals surface area contributed by atoms with Gasteiger partial charge in [0.15, 0.2) is 9.84 Å². The molecule has 6 nitrogen and oxygen atoms in total. The molecule has 0 spiro atoms. The van der Waals surface area contributed by atoms with Crippen molar-refractivity contribution in [2.45, 2.75) is 39.2 Å². The van der Waals surface area contributed by atoms with E-state index in [2.05, 4.69) is 36.3 Å². The number of aromatic nitrogens is 2. The number of allylic oxidation sites excluding steroid dienone is 1. The Morgan fingerprint density at radius 3 is 2.65 bits per heavy atom. The van der Waals surface area contributed by atoms with Gasteiger partial charge in [-0.05, 0) is 30.2 Å². The molecule has 7 heteroatoms. The van der Waals surface area contributed by atoms with Crippen molar-refractivity contribution >= 4 is 20.6 Å². The first kappa shape index (κ1) is 18.4. The van der Waals surface area contributed by atoms with Gasteiger partial charge in [-0.2, -0.15) is 5.10 Å². The van der Waals surface area contributed by atoms with Crippen molar-refractivity contribution in [1.29, 1.82) is 0 Å². The van der Waals surface area contributed by atoms with E-state index in [0.717, 1.165) is 11.4 Å². The summed E-state index contributed by atoms with van der Waals surface area (Å²) < 4.78 is 24.1. The average molecular weight is 373 g/mol. The Hall–Kier alpha value is -2.41. The topological polar surface area (TPSA) is 91.9 Å². The SMILES string of the molecule is CC(C)(C)c1cc(CNC(=O)c2cccc(C3=CCCS3(=O)=O)c2)[nH]n1. The van der Waals surface area contributed by atoms with E-state index >= 15 is 0 Å². The average Bonchev–Trinajstić information content (AvgIpc) is 3.18. The lowest BCUT2D eigenvalue weighted by molar-refractivity contribution is 0.0950. The van der Waals surface area contributed by atoms with E-state index in [-0.39, 0.29) is 17.1 Å². The number of sulfone groups is 1. The van der Waals surface area contributed by atoms with E-state index in [1.165, 1.54) is 0 Å². The van der Waals surface area contributed by atoms with Crippen LogP contribution in [-0.4, -0.2) is 30.3 Å². The molecule has 3 rings (SSSR count). The van der Waals surface area contributed by atoms with Crippen LogP contribution in [0.1, 0.15) is 54.5 Å². The van der Waals surface area contributed by atoms with Crippen molar-refractivity contribution in [2.75, 3.05) is 5.75 Å². The summed E-state index contributed by atoms with van der Waals surface area (Å²) >= 11 is 0. The highest BCUT2D eigenvalue weighted by Crippen LogP contribution is 2.28. The highest BCUT2D eigenvalue weighted by molar-refractivity contribution is 8.00. The van der Waals surface area contributed by atoms with E-state index in [1.54, 1.807) is 30.3 Å². The molecular weight excluding hydrogens is 350 g/mol. The number of carbonyl (C=O) groups is 1. The van der Waals surface area contributed by atoms with Crippen LogP contribution in [0.2, 0.25) is 0 Å². The Kier molecular flexibility index (Phi) is 4.75. The molecule has 0 saturated carbocycles. The summed E-state index contributed by atoms with van der Waals surface area (Å²) in [5, 5.41) is 10.0. The van der Waals surface area contributed by atoms with E-state index in [1.807, 2.05) is 6.07 Å². The van der Waals surface area contributed by atoms with Gasteiger partial charge in [-0.15, -0.1) is 0 Å². The molecule has 2 N–H and O–H groups in total. The summed E-state index contributed by atoms with van der Waals surface area (Å²) in [5.41, 5.74) is 2.68. The highest BCUT2D eigenvalue weighted by atomic mass is 32.2. The zero-order chi connectivity index (χ0) is 18.9. The van der Waals surface area contributed by atoms with Crippen molar-refractivity contribution in [3.63, 3.8) is 0 Å². The number of hydrogen-bond acceptors (Lipinski definition) is 4. The first-order valence-corrected chi connectivity index (χ1v) is 10.2. The number of H-pyrrole nitrogens is 1. The second-order valence-corrected chi connectivity index (χ2v) is 9.55. The maximum Gasteiger partial charge on any atom is 0.251 e. The quantitative estimate of drug-likeness (QED) is 0.862. The number of carbonyl (C=O) groups excluding carboxylic acids is 1. The fourth-order valence-corrected chi connectivity index (χ4v) is 4.31. The first-order chi connectivity index (χ1) is 12.2. The van der Waals surface area contributed by atoms with Crippen molar-refractivity contribution in [3.05, 3.63) is 58.9 Å². The third-order valence-electron chi connectivity index (χ3n) is 4.30. The zero-order valence-electron chi connectivity index (χ0n) is 15.2. The maximum atomic E-state index is 12.4. The van der Waals surface area contributed by atoms with Gasteiger partial charge >= 0.3 is 0 Å². The Morgan fingerprint density at radius 2 is 2.04 bits per heavy atom. The number of rotatable bonds is 4. The molecule has 1 amide bonds. The van der Waals surface area contributed by atoms with E-state index in [9.17, 15) is 13.2 Å². The number of nitrogens with one attached hydrogen (secondary N) is 2. The molecule has 0 fully saturated rings. The number of aromatic amines is 1. The molecule has 0 saturated heterocycles. The number of benzene rings is 1. The highest BCUT2D eigenvalue weighted by Gasteiger charge is 2.24. The van der Waals surface area contributed by atoms with Gasteiger partial charge in [0.25, 0.3) is 5.91 Å². The van der Waals surface area contributed by atoms with Crippen LogP contribution in [0.25, 0.3) is 4.91 Å². The summed E-state index contributed by atoms with van der Waals surface area (Å²) in [6.07, 6.45) is 2.23. The molecule has 1 aliphatic heterocycles. The standard InChI is InChI=1S/C19H23N3O3S/c1-19(2,3)17-11-15(21-22-17)12-20-18(23)14-7-4-6-13(10-14)16-8-5-9-26(16,24)25/h4,6-8,10-11H,5,9,12H2,1-3H3,(H,20,23)(H,21,22). The fourth-order valence-electron chi connectivity index (χ4n) is 2.81. The van der Waals surface area contributed by atoms with Crippen LogP contribution < -0.4 is 5.32 Å². The molecule has 1 aromatic carbocycles. The minimum atomic E-state index is -3.23. The van der Waals surface area contributed by atoms with Gasteiger partial charge in [0.2, 0.25) is 0 Å². The monoisotopic (exact) mass is 373 g/mol. The van der Waals surface area contributed by atoms with Gasteiger partial charge in [0.1, 0.15) is 0 Å². The molecule has 2 heterocycles. The Balaban J connectivity index is 1.71. The molecule has 138 valence electrons. The Labute approximate surface area is 153 Å². The zero-order valence-corrected chi connectivity index (χ0v) is 16.0.